The van der Waals surface area contributed by atoms with Crippen LogP contribution in [0.5, 0.6) is 0 Å². The quantitative estimate of drug-likeness (QED) is 0.805. The second-order valence-electron chi connectivity index (χ2n) is 3.94. The Balaban J connectivity index is 2.34. The van der Waals surface area contributed by atoms with E-state index in [4.69, 9.17) is 9.84 Å². The van der Waals surface area contributed by atoms with Crippen molar-refractivity contribution >= 4 is 5.97 Å². The van der Waals surface area contributed by atoms with E-state index in [2.05, 4.69) is 4.98 Å². The fourth-order valence-electron chi connectivity index (χ4n) is 1.91. The number of hydrogen-bond acceptors (Lipinski definition) is 3. The standard InChI is InChI=1S/C11H13NO3/c1-8(10(13)14)11(6-15-7-11)9-2-4-12-5-3-9/h2-5,8H,6-7H2,1H3,(H,13,14). The molecule has 0 amide bonds. The number of aliphatic carboxylic acids is 1. The molecule has 0 aromatic carbocycles. The fraction of sp³-hybridized carbons (Fsp3) is 0.455. The molecule has 0 saturated carbocycles. The summed E-state index contributed by atoms with van der Waals surface area (Å²) in [5.74, 6) is -1.22. The third-order valence-corrected chi connectivity index (χ3v) is 3.17. The number of carboxylic acid groups (broad SMARTS) is 1. The highest BCUT2D eigenvalue weighted by Gasteiger charge is 2.48. The normalized spacial score (nSPS) is 20.3. The first-order chi connectivity index (χ1) is 7.17. The molecule has 1 saturated heterocycles. The van der Waals surface area contributed by atoms with Gasteiger partial charge in [-0.05, 0) is 17.7 Å². The van der Waals surface area contributed by atoms with E-state index < -0.39 is 11.9 Å². The van der Waals surface area contributed by atoms with E-state index >= 15 is 0 Å². The highest BCUT2D eigenvalue weighted by molar-refractivity contribution is 5.72. The van der Waals surface area contributed by atoms with Gasteiger partial charge in [-0.25, -0.2) is 0 Å². The molecule has 4 heteroatoms. The number of nitrogens with zero attached hydrogens (tertiary/aromatic N) is 1. The predicted molar refractivity (Wildman–Crippen MR) is 53.5 cm³/mol. The van der Waals surface area contributed by atoms with Crippen molar-refractivity contribution in [3.63, 3.8) is 0 Å². The number of carbonyl (C=O) groups is 1. The molecule has 2 rings (SSSR count). The van der Waals surface area contributed by atoms with E-state index in [0.29, 0.717) is 13.2 Å². The van der Waals surface area contributed by atoms with Crippen LogP contribution in [0.2, 0.25) is 0 Å². The predicted octanol–water partition coefficient (Wildman–Crippen LogP) is 1.07. The van der Waals surface area contributed by atoms with Gasteiger partial charge in [0.05, 0.1) is 24.5 Å². The van der Waals surface area contributed by atoms with Crippen molar-refractivity contribution in [1.82, 2.24) is 4.98 Å². The fourth-order valence-corrected chi connectivity index (χ4v) is 1.91. The number of hydrogen-bond donors (Lipinski definition) is 1. The van der Waals surface area contributed by atoms with E-state index in [1.807, 2.05) is 12.1 Å². The highest BCUT2D eigenvalue weighted by atomic mass is 16.5. The summed E-state index contributed by atoms with van der Waals surface area (Å²) < 4.78 is 5.18. The van der Waals surface area contributed by atoms with Crippen LogP contribution in [-0.4, -0.2) is 29.3 Å². The first kappa shape index (κ1) is 10.1. The first-order valence-electron chi connectivity index (χ1n) is 4.88. The Morgan fingerprint density at radius 1 is 1.53 bits per heavy atom. The minimum absolute atomic E-state index is 0.366. The summed E-state index contributed by atoms with van der Waals surface area (Å²) in [6, 6.07) is 3.73. The van der Waals surface area contributed by atoms with Crippen LogP contribution in [0.3, 0.4) is 0 Å². The average molecular weight is 207 g/mol. The SMILES string of the molecule is CC(C(=O)O)C1(c2ccncc2)COC1. The van der Waals surface area contributed by atoms with E-state index in [9.17, 15) is 4.79 Å². The Bertz CT molecular complexity index is 359. The lowest BCUT2D eigenvalue weighted by Crippen LogP contribution is -2.53. The topological polar surface area (TPSA) is 59.4 Å². The minimum Gasteiger partial charge on any atom is -0.481 e. The van der Waals surface area contributed by atoms with E-state index in [0.717, 1.165) is 5.56 Å². The van der Waals surface area contributed by atoms with Crippen LogP contribution in [-0.2, 0) is 14.9 Å². The maximum Gasteiger partial charge on any atom is 0.307 e. The maximum absolute atomic E-state index is 11.0. The molecule has 1 aliphatic heterocycles. The van der Waals surface area contributed by atoms with E-state index in [-0.39, 0.29) is 5.41 Å². The molecule has 2 heterocycles. The Hall–Kier alpha value is -1.42. The van der Waals surface area contributed by atoms with Crippen LogP contribution in [0.1, 0.15) is 12.5 Å². The summed E-state index contributed by atoms with van der Waals surface area (Å²) in [5, 5.41) is 9.07. The Morgan fingerprint density at radius 3 is 2.53 bits per heavy atom. The van der Waals surface area contributed by atoms with E-state index in [1.54, 1.807) is 19.3 Å². The molecular weight excluding hydrogens is 194 g/mol. The van der Waals surface area contributed by atoms with Gasteiger partial charge in [-0.3, -0.25) is 9.78 Å². The average Bonchev–Trinajstić information content (AvgIpc) is 2.17. The zero-order valence-electron chi connectivity index (χ0n) is 8.51. The van der Waals surface area contributed by atoms with Gasteiger partial charge in [0, 0.05) is 12.4 Å². The maximum atomic E-state index is 11.0. The largest absolute Gasteiger partial charge is 0.481 e. The zero-order chi connectivity index (χ0) is 10.9. The molecule has 1 unspecified atom stereocenters. The van der Waals surface area contributed by atoms with Crippen molar-refractivity contribution in [3.05, 3.63) is 30.1 Å². The molecule has 0 spiro atoms. The van der Waals surface area contributed by atoms with Gasteiger partial charge in [-0.1, -0.05) is 6.92 Å². The Labute approximate surface area is 87.9 Å². The Morgan fingerprint density at radius 2 is 2.13 bits per heavy atom. The number of ether oxygens (including phenoxy) is 1. The second-order valence-corrected chi connectivity index (χ2v) is 3.94. The number of carboxylic acids is 1. The monoisotopic (exact) mass is 207 g/mol. The molecule has 1 fully saturated rings. The minimum atomic E-state index is -0.782. The van der Waals surface area contributed by atoms with E-state index in [1.165, 1.54) is 0 Å². The molecular formula is C11H13NO3. The van der Waals surface area contributed by atoms with Gasteiger partial charge in [0.1, 0.15) is 0 Å². The van der Waals surface area contributed by atoms with Crippen LogP contribution in [0.15, 0.2) is 24.5 Å². The molecule has 1 aromatic rings. The lowest BCUT2D eigenvalue weighted by molar-refractivity contribution is -0.155. The van der Waals surface area contributed by atoms with Gasteiger partial charge in [-0.15, -0.1) is 0 Å². The molecule has 1 aliphatic rings. The van der Waals surface area contributed by atoms with Gasteiger partial charge >= 0.3 is 5.97 Å². The van der Waals surface area contributed by atoms with Crippen molar-refractivity contribution in [2.45, 2.75) is 12.3 Å². The molecule has 1 N–H and O–H groups in total. The molecule has 1 atom stereocenters. The second kappa shape index (κ2) is 3.62. The van der Waals surface area contributed by atoms with Crippen LogP contribution in [0, 0.1) is 5.92 Å². The molecule has 0 bridgehead atoms. The summed E-state index contributed by atoms with van der Waals surface area (Å²) in [5.41, 5.74) is 0.632. The van der Waals surface area contributed by atoms with Gasteiger partial charge < -0.3 is 9.84 Å². The van der Waals surface area contributed by atoms with Crippen LogP contribution in [0.4, 0.5) is 0 Å². The number of pyridine rings is 1. The van der Waals surface area contributed by atoms with Crippen LogP contribution < -0.4 is 0 Å². The lowest BCUT2D eigenvalue weighted by Gasteiger charge is -2.44. The summed E-state index contributed by atoms with van der Waals surface area (Å²) in [7, 11) is 0. The third-order valence-electron chi connectivity index (χ3n) is 3.17. The summed E-state index contributed by atoms with van der Waals surface area (Å²) in [6.07, 6.45) is 3.37. The molecule has 1 aromatic heterocycles. The summed E-state index contributed by atoms with van der Waals surface area (Å²) in [6.45, 7) is 2.68. The zero-order valence-corrected chi connectivity index (χ0v) is 8.51. The molecule has 15 heavy (non-hydrogen) atoms. The molecule has 4 nitrogen and oxygen atoms in total. The van der Waals surface area contributed by atoms with Crippen LogP contribution in [0.25, 0.3) is 0 Å². The van der Waals surface area contributed by atoms with Gasteiger partial charge in [0.2, 0.25) is 0 Å². The highest BCUT2D eigenvalue weighted by Crippen LogP contribution is 2.39. The van der Waals surface area contributed by atoms with Gasteiger partial charge in [-0.2, -0.15) is 0 Å². The summed E-state index contributed by atoms with van der Waals surface area (Å²) >= 11 is 0. The van der Waals surface area contributed by atoms with Crippen molar-refractivity contribution in [2.75, 3.05) is 13.2 Å². The molecule has 0 radical (unpaired) electrons. The van der Waals surface area contributed by atoms with Crippen molar-refractivity contribution in [2.24, 2.45) is 5.92 Å². The van der Waals surface area contributed by atoms with Crippen molar-refractivity contribution in [3.8, 4) is 0 Å². The summed E-state index contributed by atoms with van der Waals surface area (Å²) in [4.78, 5) is 15.0. The van der Waals surface area contributed by atoms with Gasteiger partial charge in [0.25, 0.3) is 0 Å². The van der Waals surface area contributed by atoms with Gasteiger partial charge in [0.15, 0.2) is 0 Å². The lowest BCUT2D eigenvalue weighted by atomic mass is 9.69. The van der Waals surface area contributed by atoms with Crippen molar-refractivity contribution < 1.29 is 14.6 Å². The molecule has 0 aliphatic carbocycles. The smallest absolute Gasteiger partial charge is 0.307 e. The number of rotatable bonds is 3. The van der Waals surface area contributed by atoms with Crippen LogP contribution >= 0.6 is 0 Å². The Kier molecular flexibility index (Phi) is 2.44. The first-order valence-corrected chi connectivity index (χ1v) is 4.88. The third kappa shape index (κ3) is 1.51. The number of aromatic nitrogens is 1. The van der Waals surface area contributed by atoms with Crippen molar-refractivity contribution in [1.29, 1.82) is 0 Å². The molecule has 80 valence electrons.